The first-order chi connectivity index (χ1) is 12.3. The Balaban J connectivity index is 2.20. The number of carboxylic acids is 1. The summed E-state index contributed by atoms with van der Waals surface area (Å²) in [6.45, 7) is 3.97. The van der Waals surface area contributed by atoms with Gasteiger partial charge in [0.1, 0.15) is 5.75 Å². The van der Waals surface area contributed by atoms with Crippen molar-refractivity contribution in [2.75, 3.05) is 12.4 Å². The number of carbonyl (C=O) groups is 1. The summed E-state index contributed by atoms with van der Waals surface area (Å²) in [6, 6.07) is 10.8. The second-order valence-corrected chi connectivity index (χ2v) is 7.26. The maximum atomic E-state index is 11.3. The minimum absolute atomic E-state index is 0.104. The minimum atomic E-state index is -0.913. The molecule has 2 aromatic carbocycles. The van der Waals surface area contributed by atoms with Gasteiger partial charge < -0.3 is 20.5 Å². The number of anilines is 1. The maximum absolute atomic E-state index is 11.3. The first kappa shape index (κ1) is 20.2. The second-order valence-electron chi connectivity index (χ2n) is 5.94. The molecule has 0 aliphatic carbocycles. The summed E-state index contributed by atoms with van der Waals surface area (Å²) in [5, 5.41) is 15.9. The van der Waals surface area contributed by atoms with Crippen molar-refractivity contribution in [3.05, 3.63) is 57.6 Å². The highest BCUT2D eigenvalue weighted by Crippen LogP contribution is 2.26. The quantitative estimate of drug-likeness (QED) is 0.575. The first-order valence-electron chi connectivity index (χ1n) is 8.00. The molecule has 0 bridgehead atoms. The van der Waals surface area contributed by atoms with E-state index < -0.39 is 12.0 Å². The number of thiocarbonyl (C=S) groups is 1. The highest BCUT2D eigenvalue weighted by Gasteiger charge is 2.18. The molecular weight excluding hydrogens is 416 g/mol. The molecule has 3 N–H and O–H groups in total. The van der Waals surface area contributed by atoms with Crippen LogP contribution >= 0.6 is 28.1 Å². The van der Waals surface area contributed by atoms with Gasteiger partial charge >= 0.3 is 5.97 Å². The third-order valence-corrected chi connectivity index (χ3v) is 4.59. The standard InChI is InChI=1S/C19H21BrN2O3S/c1-11-7-14(20)8-12(2)18(11)22-19(26)21-16(10-17(23)24)13-5-4-6-15(9-13)25-3/h4-9,16H,10H2,1-3H3,(H,23,24)(H2,21,22,26). The Hall–Kier alpha value is -2.12. The molecule has 7 heteroatoms. The van der Waals surface area contributed by atoms with Gasteiger partial charge in [-0.25, -0.2) is 0 Å². The number of aliphatic carboxylic acids is 1. The van der Waals surface area contributed by atoms with Crippen LogP contribution in [0.4, 0.5) is 5.69 Å². The van der Waals surface area contributed by atoms with Crippen molar-refractivity contribution in [2.45, 2.75) is 26.3 Å². The normalized spacial score (nSPS) is 11.5. The van der Waals surface area contributed by atoms with Crippen LogP contribution in [0.25, 0.3) is 0 Å². The lowest BCUT2D eigenvalue weighted by atomic mass is 10.0. The van der Waals surface area contributed by atoms with Crippen LogP contribution in [0.15, 0.2) is 40.9 Å². The average Bonchev–Trinajstić information content (AvgIpc) is 2.57. The lowest BCUT2D eigenvalue weighted by Gasteiger charge is -2.22. The van der Waals surface area contributed by atoms with E-state index in [1.54, 1.807) is 13.2 Å². The Morgan fingerprint density at radius 3 is 2.50 bits per heavy atom. The number of hydrogen-bond donors (Lipinski definition) is 3. The molecule has 0 aliphatic heterocycles. The summed E-state index contributed by atoms with van der Waals surface area (Å²) in [6.07, 6.45) is -0.104. The van der Waals surface area contributed by atoms with E-state index in [1.807, 2.05) is 44.2 Å². The minimum Gasteiger partial charge on any atom is -0.497 e. The van der Waals surface area contributed by atoms with Gasteiger partial charge in [-0.1, -0.05) is 28.1 Å². The average molecular weight is 437 g/mol. The van der Waals surface area contributed by atoms with E-state index in [1.165, 1.54) is 0 Å². The van der Waals surface area contributed by atoms with Crippen LogP contribution < -0.4 is 15.4 Å². The van der Waals surface area contributed by atoms with Crippen LogP contribution in [0.5, 0.6) is 5.75 Å². The van der Waals surface area contributed by atoms with Crippen LogP contribution in [0, 0.1) is 13.8 Å². The number of rotatable bonds is 6. The molecule has 5 nitrogen and oxygen atoms in total. The van der Waals surface area contributed by atoms with Crippen LogP contribution in [-0.2, 0) is 4.79 Å². The Morgan fingerprint density at radius 1 is 1.27 bits per heavy atom. The lowest BCUT2D eigenvalue weighted by molar-refractivity contribution is -0.137. The molecule has 0 fully saturated rings. The Labute approximate surface area is 166 Å². The molecule has 1 atom stereocenters. The molecule has 0 heterocycles. The van der Waals surface area contributed by atoms with Crippen molar-refractivity contribution < 1.29 is 14.6 Å². The zero-order valence-electron chi connectivity index (χ0n) is 14.8. The number of methoxy groups -OCH3 is 1. The largest absolute Gasteiger partial charge is 0.497 e. The first-order valence-corrected chi connectivity index (χ1v) is 9.20. The molecule has 0 amide bonds. The lowest BCUT2D eigenvalue weighted by Crippen LogP contribution is -2.34. The zero-order valence-corrected chi connectivity index (χ0v) is 17.2. The summed E-state index contributed by atoms with van der Waals surface area (Å²) in [5.74, 6) is -0.248. The topological polar surface area (TPSA) is 70.6 Å². The van der Waals surface area contributed by atoms with Gasteiger partial charge in [-0.3, -0.25) is 4.79 Å². The highest BCUT2D eigenvalue weighted by molar-refractivity contribution is 9.10. The van der Waals surface area contributed by atoms with E-state index in [2.05, 4.69) is 26.6 Å². The number of hydrogen-bond acceptors (Lipinski definition) is 3. The third-order valence-electron chi connectivity index (χ3n) is 3.92. The van der Waals surface area contributed by atoms with Crippen molar-refractivity contribution in [3.63, 3.8) is 0 Å². The molecule has 0 saturated heterocycles. The number of ether oxygens (including phenoxy) is 1. The number of nitrogens with one attached hydrogen (secondary N) is 2. The number of benzene rings is 2. The van der Waals surface area contributed by atoms with E-state index in [0.29, 0.717) is 10.9 Å². The van der Waals surface area contributed by atoms with Crippen LogP contribution in [0.3, 0.4) is 0 Å². The van der Waals surface area contributed by atoms with Gasteiger partial charge in [-0.2, -0.15) is 0 Å². The van der Waals surface area contributed by atoms with Gasteiger partial charge in [-0.05, 0) is 67.0 Å². The number of aryl methyl sites for hydroxylation is 2. The molecular formula is C19H21BrN2O3S. The van der Waals surface area contributed by atoms with Crippen LogP contribution in [-0.4, -0.2) is 23.3 Å². The molecule has 0 spiro atoms. The van der Waals surface area contributed by atoms with Gasteiger partial charge in [0.2, 0.25) is 0 Å². The smallest absolute Gasteiger partial charge is 0.305 e. The van der Waals surface area contributed by atoms with Gasteiger partial charge in [0.05, 0.1) is 19.6 Å². The van der Waals surface area contributed by atoms with Crippen molar-refractivity contribution >= 4 is 44.9 Å². The Bertz CT molecular complexity index is 803. The molecule has 138 valence electrons. The van der Waals surface area contributed by atoms with Crippen LogP contribution in [0.2, 0.25) is 0 Å². The Morgan fingerprint density at radius 2 is 1.92 bits per heavy atom. The second kappa shape index (κ2) is 9.00. The van der Waals surface area contributed by atoms with Crippen molar-refractivity contribution in [1.29, 1.82) is 0 Å². The van der Waals surface area contributed by atoms with Gasteiger partial charge in [-0.15, -0.1) is 0 Å². The zero-order chi connectivity index (χ0) is 19.3. The third kappa shape index (κ3) is 5.44. The molecule has 26 heavy (non-hydrogen) atoms. The molecule has 1 unspecified atom stereocenters. The van der Waals surface area contributed by atoms with E-state index >= 15 is 0 Å². The summed E-state index contributed by atoms with van der Waals surface area (Å²) in [4.78, 5) is 11.3. The summed E-state index contributed by atoms with van der Waals surface area (Å²) in [5.41, 5.74) is 3.78. The van der Waals surface area contributed by atoms with E-state index in [-0.39, 0.29) is 6.42 Å². The fraction of sp³-hybridized carbons (Fsp3) is 0.263. The maximum Gasteiger partial charge on any atom is 0.305 e. The predicted octanol–water partition coefficient (Wildman–Crippen LogP) is 4.58. The SMILES string of the molecule is COc1cccc(C(CC(=O)O)NC(=S)Nc2c(C)cc(Br)cc2C)c1. The Kier molecular flexibility index (Phi) is 6.99. The van der Waals surface area contributed by atoms with Crippen molar-refractivity contribution in [1.82, 2.24) is 5.32 Å². The number of carboxylic acid groups (broad SMARTS) is 1. The van der Waals surface area contributed by atoms with Crippen molar-refractivity contribution in [3.8, 4) is 5.75 Å². The van der Waals surface area contributed by atoms with Gasteiger partial charge in [0, 0.05) is 10.2 Å². The predicted molar refractivity (Wildman–Crippen MR) is 111 cm³/mol. The van der Waals surface area contributed by atoms with E-state index in [9.17, 15) is 9.90 Å². The molecule has 2 rings (SSSR count). The summed E-state index contributed by atoms with van der Waals surface area (Å²) >= 11 is 8.89. The molecule has 0 saturated carbocycles. The number of halogens is 1. The highest BCUT2D eigenvalue weighted by atomic mass is 79.9. The van der Waals surface area contributed by atoms with E-state index in [4.69, 9.17) is 17.0 Å². The fourth-order valence-corrected chi connectivity index (χ4v) is 3.63. The molecule has 2 aromatic rings. The van der Waals surface area contributed by atoms with Crippen LogP contribution in [0.1, 0.15) is 29.2 Å². The van der Waals surface area contributed by atoms with Crippen molar-refractivity contribution in [2.24, 2.45) is 0 Å². The monoisotopic (exact) mass is 436 g/mol. The van der Waals surface area contributed by atoms with Gasteiger partial charge in [0.15, 0.2) is 5.11 Å². The molecule has 0 radical (unpaired) electrons. The van der Waals surface area contributed by atoms with Gasteiger partial charge in [0.25, 0.3) is 0 Å². The molecule has 0 aliphatic rings. The molecule has 0 aromatic heterocycles. The summed E-state index contributed by atoms with van der Waals surface area (Å²) < 4.78 is 6.22. The van der Waals surface area contributed by atoms with E-state index in [0.717, 1.165) is 26.9 Å². The summed E-state index contributed by atoms with van der Waals surface area (Å²) in [7, 11) is 1.57. The fourth-order valence-electron chi connectivity index (χ4n) is 2.70.